The monoisotopic (exact) mass is 206 g/mol. The zero-order valence-electron chi connectivity index (χ0n) is 9.49. The van der Waals surface area contributed by atoms with Crippen molar-refractivity contribution < 1.29 is 4.79 Å². The molecule has 3 nitrogen and oxygen atoms in total. The second kappa shape index (κ2) is 3.80. The van der Waals surface area contributed by atoms with Crippen LogP contribution in [0.5, 0.6) is 0 Å². The van der Waals surface area contributed by atoms with E-state index in [1.54, 1.807) is 0 Å². The highest BCUT2D eigenvalue weighted by Gasteiger charge is 2.34. The Morgan fingerprint density at radius 1 is 1.60 bits per heavy atom. The molecule has 1 aliphatic carbocycles. The van der Waals surface area contributed by atoms with Gasteiger partial charge in [0.25, 0.3) is 0 Å². The average molecular weight is 206 g/mol. The molecule has 0 saturated heterocycles. The van der Waals surface area contributed by atoms with E-state index in [9.17, 15) is 4.79 Å². The highest BCUT2D eigenvalue weighted by molar-refractivity contribution is 5.81. The van der Waals surface area contributed by atoms with Gasteiger partial charge in [-0.25, -0.2) is 4.98 Å². The fraction of sp³-hybridized carbons (Fsp3) is 0.667. The molecule has 15 heavy (non-hydrogen) atoms. The Hall–Kier alpha value is -1.12. The van der Waals surface area contributed by atoms with Crippen LogP contribution in [0.4, 0.5) is 0 Å². The van der Waals surface area contributed by atoms with Crippen LogP contribution in [-0.4, -0.2) is 15.3 Å². The first-order valence-electron chi connectivity index (χ1n) is 5.65. The Balaban J connectivity index is 2.11. The molecule has 0 N–H and O–H groups in total. The van der Waals surface area contributed by atoms with Crippen molar-refractivity contribution in [3.8, 4) is 0 Å². The second-order valence-corrected chi connectivity index (χ2v) is 4.83. The highest BCUT2D eigenvalue weighted by Crippen LogP contribution is 2.38. The first kappa shape index (κ1) is 10.4. The van der Waals surface area contributed by atoms with Crippen LogP contribution in [0.3, 0.4) is 0 Å². The Bertz CT molecular complexity index is 369. The molecule has 1 aromatic rings. The highest BCUT2D eigenvalue weighted by atomic mass is 16.1. The first-order chi connectivity index (χ1) is 7.13. The van der Waals surface area contributed by atoms with Gasteiger partial charge in [-0.15, -0.1) is 0 Å². The second-order valence-electron chi connectivity index (χ2n) is 4.83. The zero-order valence-corrected chi connectivity index (χ0v) is 9.49. The van der Waals surface area contributed by atoms with Gasteiger partial charge in [0.1, 0.15) is 11.6 Å². The van der Waals surface area contributed by atoms with Gasteiger partial charge in [0, 0.05) is 38.2 Å². The van der Waals surface area contributed by atoms with E-state index in [4.69, 9.17) is 0 Å². The number of carbonyl (C=O) groups is 1. The summed E-state index contributed by atoms with van der Waals surface area (Å²) in [6, 6.07) is 0. The summed E-state index contributed by atoms with van der Waals surface area (Å²) in [7, 11) is 0. The molecule has 1 aromatic heterocycles. The van der Waals surface area contributed by atoms with Crippen LogP contribution < -0.4 is 0 Å². The van der Waals surface area contributed by atoms with Crippen molar-refractivity contribution in [2.45, 2.75) is 46.1 Å². The van der Waals surface area contributed by atoms with E-state index >= 15 is 0 Å². The molecule has 0 bridgehead atoms. The summed E-state index contributed by atoms with van der Waals surface area (Å²) in [5.41, 5.74) is 0.148. The zero-order chi connectivity index (χ0) is 10.9. The summed E-state index contributed by atoms with van der Waals surface area (Å²) in [6.45, 7) is 5.28. The Morgan fingerprint density at radius 3 is 3.00 bits per heavy atom. The normalized spacial score (nSPS) is 26.1. The lowest BCUT2D eigenvalue weighted by molar-refractivity contribution is -0.117. The van der Waals surface area contributed by atoms with Crippen molar-refractivity contribution in [1.82, 2.24) is 9.55 Å². The third-order valence-electron chi connectivity index (χ3n) is 3.36. The molecule has 1 aliphatic rings. The summed E-state index contributed by atoms with van der Waals surface area (Å²) in [4.78, 5) is 15.7. The van der Waals surface area contributed by atoms with E-state index in [1.165, 1.54) is 0 Å². The molecule has 0 amide bonds. The predicted octanol–water partition coefficient (Wildman–Crippen LogP) is 2.20. The molecular weight excluding hydrogens is 188 g/mol. The third kappa shape index (κ3) is 2.11. The molecule has 0 aromatic carbocycles. The summed E-state index contributed by atoms with van der Waals surface area (Å²) >= 11 is 0. The molecular formula is C12H18N2O. The van der Waals surface area contributed by atoms with E-state index in [0.29, 0.717) is 5.78 Å². The maximum Gasteiger partial charge on any atom is 0.133 e. The van der Waals surface area contributed by atoms with Crippen molar-refractivity contribution >= 4 is 5.78 Å². The number of nitrogens with zero attached hydrogens (tertiary/aromatic N) is 2. The van der Waals surface area contributed by atoms with Crippen LogP contribution in [0, 0.1) is 5.41 Å². The lowest BCUT2D eigenvalue weighted by atomic mass is 9.85. The van der Waals surface area contributed by atoms with Gasteiger partial charge in [0.15, 0.2) is 0 Å². The van der Waals surface area contributed by atoms with Gasteiger partial charge in [0.2, 0.25) is 0 Å². The molecule has 0 aliphatic heterocycles. The maximum atomic E-state index is 11.3. The molecule has 1 heterocycles. The smallest absolute Gasteiger partial charge is 0.133 e. The number of hydrogen-bond acceptors (Lipinski definition) is 2. The summed E-state index contributed by atoms with van der Waals surface area (Å²) < 4.78 is 2.16. The number of aryl methyl sites for hydroxylation is 1. The molecule has 1 unspecified atom stereocenters. The van der Waals surface area contributed by atoms with Crippen molar-refractivity contribution in [2.24, 2.45) is 5.41 Å². The van der Waals surface area contributed by atoms with Gasteiger partial charge >= 0.3 is 0 Å². The average Bonchev–Trinajstić information content (AvgIpc) is 2.74. The van der Waals surface area contributed by atoms with E-state index in [1.807, 2.05) is 12.4 Å². The topological polar surface area (TPSA) is 34.9 Å². The number of Topliss-reactive ketones (excluding diaryl/α,β-unsaturated/α-hetero) is 1. The number of ketones is 1. The molecule has 2 rings (SSSR count). The standard InChI is InChI=1S/C12H18N2O/c1-3-14-7-6-13-11(14)9-12(2)5-4-10(15)8-12/h6-7H,3-5,8-9H2,1-2H3. The van der Waals surface area contributed by atoms with Crippen LogP contribution in [0.15, 0.2) is 12.4 Å². The summed E-state index contributed by atoms with van der Waals surface area (Å²) in [5, 5.41) is 0. The van der Waals surface area contributed by atoms with E-state index in [0.717, 1.165) is 38.1 Å². The van der Waals surface area contributed by atoms with Gasteiger partial charge in [-0.2, -0.15) is 0 Å². The number of rotatable bonds is 3. The van der Waals surface area contributed by atoms with E-state index in [2.05, 4.69) is 23.4 Å². The van der Waals surface area contributed by atoms with Crippen molar-refractivity contribution in [2.75, 3.05) is 0 Å². The quantitative estimate of drug-likeness (QED) is 0.760. The van der Waals surface area contributed by atoms with Crippen LogP contribution in [-0.2, 0) is 17.8 Å². The van der Waals surface area contributed by atoms with E-state index in [-0.39, 0.29) is 5.41 Å². The van der Waals surface area contributed by atoms with E-state index < -0.39 is 0 Å². The van der Waals surface area contributed by atoms with Crippen LogP contribution >= 0.6 is 0 Å². The molecule has 1 atom stereocenters. The lowest BCUT2D eigenvalue weighted by Crippen LogP contribution is -2.18. The van der Waals surface area contributed by atoms with Crippen LogP contribution in [0.2, 0.25) is 0 Å². The lowest BCUT2D eigenvalue weighted by Gasteiger charge is -2.22. The first-order valence-corrected chi connectivity index (χ1v) is 5.65. The largest absolute Gasteiger partial charge is 0.335 e. The number of aromatic nitrogens is 2. The Morgan fingerprint density at radius 2 is 2.40 bits per heavy atom. The minimum Gasteiger partial charge on any atom is -0.335 e. The van der Waals surface area contributed by atoms with Gasteiger partial charge in [0.05, 0.1) is 0 Å². The third-order valence-corrected chi connectivity index (χ3v) is 3.36. The van der Waals surface area contributed by atoms with Gasteiger partial charge in [-0.05, 0) is 18.8 Å². The fourth-order valence-corrected chi connectivity index (χ4v) is 2.42. The van der Waals surface area contributed by atoms with Gasteiger partial charge < -0.3 is 4.57 Å². The fourth-order valence-electron chi connectivity index (χ4n) is 2.42. The Labute approximate surface area is 90.5 Å². The van der Waals surface area contributed by atoms with Gasteiger partial charge in [-0.3, -0.25) is 4.79 Å². The number of carbonyl (C=O) groups excluding carboxylic acids is 1. The van der Waals surface area contributed by atoms with Gasteiger partial charge in [-0.1, -0.05) is 6.92 Å². The SMILES string of the molecule is CCn1ccnc1CC1(C)CCC(=O)C1. The molecule has 0 radical (unpaired) electrons. The van der Waals surface area contributed by atoms with Crippen LogP contribution in [0.25, 0.3) is 0 Å². The minimum absolute atomic E-state index is 0.148. The Kier molecular flexibility index (Phi) is 2.63. The number of imidazole rings is 1. The van der Waals surface area contributed by atoms with Crippen molar-refractivity contribution in [1.29, 1.82) is 0 Å². The molecule has 1 fully saturated rings. The predicted molar refractivity (Wildman–Crippen MR) is 58.6 cm³/mol. The van der Waals surface area contributed by atoms with Crippen LogP contribution in [0.1, 0.15) is 38.9 Å². The van der Waals surface area contributed by atoms with Crippen molar-refractivity contribution in [3.63, 3.8) is 0 Å². The summed E-state index contributed by atoms with van der Waals surface area (Å²) in [6.07, 6.45) is 7.28. The maximum absolute atomic E-state index is 11.3. The molecule has 0 spiro atoms. The van der Waals surface area contributed by atoms with Crippen molar-refractivity contribution in [3.05, 3.63) is 18.2 Å². The minimum atomic E-state index is 0.148. The number of hydrogen-bond donors (Lipinski definition) is 0. The summed E-state index contributed by atoms with van der Waals surface area (Å²) in [5.74, 6) is 1.53. The molecule has 1 saturated carbocycles. The molecule has 82 valence electrons. The molecule has 3 heteroatoms.